The molecule has 0 bridgehead atoms. The van der Waals surface area contributed by atoms with E-state index in [-0.39, 0.29) is 30.5 Å². The lowest BCUT2D eigenvalue weighted by atomic mass is 10.1. The highest BCUT2D eigenvalue weighted by Gasteiger charge is 2.55. The van der Waals surface area contributed by atoms with E-state index in [0.717, 1.165) is 34.8 Å². The molecule has 3 atom stereocenters. The Morgan fingerprint density at radius 2 is 1.82 bits per heavy atom. The Labute approximate surface area is 222 Å². The highest BCUT2D eigenvalue weighted by Crippen LogP contribution is 2.33. The number of carbonyl (C=O) groups excluding carboxylic acids is 4. The van der Waals surface area contributed by atoms with Gasteiger partial charge in [0.1, 0.15) is 12.1 Å². The summed E-state index contributed by atoms with van der Waals surface area (Å²) in [7, 11) is -4.58. The lowest BCUT2D eigenvalue weighted by molar-refractivity contribution is -0.138. The smallest absolute Gasteiger partial charge is 0.340 e. The first-order valence-electron chi connectivity index (χ1n) is 12.1. The van der Waals surface area contributed by atoms with Crippen LogP contribution in [0.1, 0.15) is 52.5 Å². The largest absolute Gasteiger partial charge is 0.416 e. The van der Waals surface area contributed by atoms with Gasteiger partial charge in [-0.3, -0.25) is 24.2 Å². The number of sulfonamides is 1. The van der Waals surface area contributed by atoms with E-state index in [0.29, 0.717) is 6.42 Å². The maximum absolute atomic E-state index is 13.5. The zero-order valence-corrected chi connectivity index (χ0v) is 21.5. The molecule has 2 aliphatic rings. The van der Waals surface area contributed by atoms with E-state index in [1.807, 2.05) is 0 Å². The lowest BCUT2D eigenvalue weighted by Gasteiger charge is -2.28. The van der Waals surface area contributed by atoms with E-state index in [1.54, 1.807) is 6.92 Å². The van der Waals surface area contributed by atoms with Gasteiger partial charge in [0.05, 0.1) is 23.7 Å². The SMILES string of the molecule is CCCC(NC(=O)c1ccc(C(F)(F)F)cc1)C(=O)N1CCC2C1C(=O)CN2S(=O)(=O)C(=O)c1cccnc1. The zero-order chi connectivity index (χ0) is 28.5. The number of benzene rings is 1. The first-order valence-corrected chi connectivity index (χ1v) is 13.6. The van der Waals surface area contributed by atoms with Gasteiger partial charge in [-0.15, -0.1) is 0 Å². The number of fused-ring (bicyclic) bond motifs is 1. The Morgan fingerprint density at radius 1 is 1.13 bits per heavy atom. The van der Waals surface area contributed by atoms with Crippen molar-refractivity contribution in [1.29, 1.82) is 0 Å². The van der Waals surface area contributed by atoms with E-state index in [2.05, 4.69) is 10.3 Å². The lowest BCUT2D eigenvalue weighted by Crippen LogP contribution is -2.52. The van der Waals surface area contributed by atoms with Crippen molar-refractivity contribution in [3.8, 4) is 0 Å². The van der Waals surface area contributed by atoms with Crippen molar-refractivity contribution in [2.45, 2.75) is 50.5 Å². The number of aromatic nitrogens is 1. The van der Waals surface area contributed by atoms with Crippen molar-refractivity contribution in [2.24, 2.45) is 0 Å². The molecular formula is C25H25F3N4O6S. The van der Waals surface area contributed by atoms with Gasteiger partial charge in [0.2, 0.25) is 5.91 Å². The zero-order valence-electron chi connectivity index (χ0n) is 20.7. The number of Topliss-reactive ketones (excluding diaryl/α,β-unsaturated/α-hetero) is 1. The summed E-state index contributed by atoms with van der Waals surface area (Å²) in [4.78, 5) is 56.8. The van der Waals surface area contributed by atoms with Crippen LogP contribution in [0.25, 0.3) is 0 Å². The summed E-state index contributed by atoms with van der Waals surface area (Å²) >= 11 is 0. The maximum atomic E-state index is 13.5. The maximum Gasteiger partial charge on any atom is 0.416 e. The van der Waals surface area contributed by atoms with Crippen LogP contribution in [0.5, 0.6) is 0 Å². The highest BCUT2D eigenvalue weighted by molar-refractivity contribution is 8.04. The summed E-state index contributed by atoms with van der Waals surface area (Å²) < 4.78 is 65.5. The number of ketones is 1. The molecule has 2 fully saturated rings. The van der Waals surface area contributed by atoms with Gasteiger partial charge in [-0.2, -0.15) is 17.5 Å². The number of halogens is 3. The van der Waals surface area contributed by atoms with E-state index < -0.39 is 69.1 Å². The van der Waals surface area contributed by atoms with Crippen molar-refractivity contribution in [3.63, 3.8) is 0 Å². The number of pyridine rings is 1. The van der Waals surface area contributed by atoms with Gasteiger partial charge >= 0.3 is 6.18 Å². The Hall–Kier alpha value is -3.65. The molecule has 2 aromatic rings. The Bertz CT molecular complexity index is 1380. The second-order valence-electron chi connectivity index (χ2n) is 9.27. The van der Waals surface area contributed by atoms with Gasteiger partial charge in [-0.1, -0.05) is 13.3 Å². The molecule has 0 aliphatic carbocycles. The Morgan fingerprint density at radius 3 is 2.41 bits per heavy atom. The van der Waals surface area contributed by atoms with Crippen LogP contribution in [-0.4, -0.2) is 76.5 Å². The fourth-order valence-electron chi connectivity index (χ4n) is 4.88. The van der Waals surface area contributed by atoms with Gasteiger partial charge in [0.25, 0.3) is 21.0 Å². The molecule has 3 unspecified atom stereocenters. The molecule has 0 spiro atoms. The van der Waals surface area contributed by atoms with Crippen LogP contribution >= 0.6 is 0 Å². The number of hydrogen-bond acceptors (Lipinski definition) is 7. The first kappa shape index (κ1) is 28.4. The van der Waals surface area contributed by atoms with Crippen LogP contribution in [0.2, 0.25) is 0 Å². The quantitative estimate of drug-likeness (QED) is 0.542. The second kappa shape index (κ2) is 10.8. The normalized spacial score (nSPS) is 20.5. The van der Waals surface area contributed by atoms with Gasteiger partial charge in [0.15, 0.2) is 5.78 Å². The Balaban J connectivity index is 1.50. The minimum Gasteiger partial charge on any atom is -0.340 e. The number of likely N-dealkylation sites (tertiary alicyclic amines) is 1. The van der Waals surface area contributed by atoms with Crippen molar-refractivity contribution in [3.05, 3.63) is 65.5 Å². The van der Waals surface area contributed by atoms with Gasteiger partial charge in [-0.25, -0.2) is 8.42 Å². The molecule has 39 heavy (non-hydrogen) atoms. The van der Waals surface area contributed by atoms with Crippen molar-refractivity contribution < 1.29 is 40.8 Å². The summed E-state index contributed by atoms with van der Waals surface area (Å²) in [5.74, 6) is -1.94. The molecule has 208 valence electrons. The third-order valence-electron chi connectivity index (χ3n) is 6.76. The van der Waals surface area contributed by atoms with Crippen molar-refractivity contribution >= 4 is 32.7 Å². The molecule has 1 N–H and O–H groups in total. The molecular weight excluding hydrogens is 541 g/mol. The minimum absolute atomic E-state index is 0.0172. The molecule has 2 amide bonds. The molecule has 3 heterocycles. The number of nitrogens with zero attached hydrogens (tertiary/aromatic N) is 3. The predicted molar refractivity (Wildman–Crippen MR) is 131 cm³/mol. The van der Waals surface area contributed by atoms with E-state index in [1.165, 1.54) is 23.2 Å². The third-order valence-corrected chi connectivity index (χ3v) is 8.48. The summed E-state index contributed by atoms with van der Waals surface area (Å²) in [6, 6.07) is 3.05. The predicted octanol–water partition coefficient (Wildman–Crippen LogP) is 2.02. The molecule has 4 rings (SSSR count). The average molecular weight is 567 g/mol. The average Bonchev–Trinajstić information content (AvgIpc) is 3.49. The monoisotopic (exact) mass is 566 g/mol. The topological polar surface area (TPSA) is 134 Å². The number of amides is 2. The number of rotatable bonds is 7. The summed E-state index contributed by atoms with van der Waals surface area (Å²) in [5, 5.41) is 1.32. The summed E-state index contributed by atoms with van der Waals surface area (Å²) in [6.45, 7) is 1.20. The standard InChI is InChI=1S/C25H25F3N4O6S/c1-2-4-18(30-22(34)15-6-8-17(9-7-15)25(26,27)28)23(35)31-12-10-19-21(31)20(33)14-32(19)39(37,38)24(36)16-5-3-11-29-13-16/h3,5-9,11,13,18-19,21H,2,4,10,12,14H2,1H3,(H,30,34). The number of carbonyl (C=O) groups is 4. The van der Waals surface area contributed by atoms with Gasteiger partial charge in [0, 0.05) is 24.5 Å². The molecule has 10 nitrogen and oxygen atoms in total. The van der Waals surface area contributed by atoms with Crippen LogP contribution in [0.3, 0.4) is 0 Å². The summed E-state index contributed by atoms with van der Waals surface area (Å²) in [6.07, 6.45) is -1.35. The molecule has 0 radical (unpaired) electrons. The number of alkyl halides is 3. The highest BCUT2D eigenvalue weighted by atomic mass is 32.2. The van der Waals surface area contributed by atoms with E-state index >= 15 is 0 Å². The minimum atomic E-state index is -4.58. The van der Waals surface area contributed by atoms with Crippen LogP contribution < -0.4 is 5.32 Å². The van der Waals surface area contributed by atoms with E-state index in [4.69, 9.17) is 0 Å². The number of nitrogens with one attached hydrogen (secondary N) is 1. The first-order chi connectivity index (χ1) is 18.4. The van der Waals surface area contributed by atoms with Crippen LogP contribution in [0.4, 0.5) is 13.2 Å². The number of hydrogen-bond donors (Lipinski definition) is 1. The Kier molecular flexibility index (Phi) is 7.89. The van der Waals surface area contributed by atoms with Crippen LogP contribution in [-0.2, 0) is 25.8 Å². The third kappa shape index (κ3) is 5.57. The van der Waals surface area contributed by atoms with Crippen molar-refractivity contribution in [1.82, 2.24) is 19.5 Å². The summed E-state index contributed by atoms with van der Waals surface area (Å²) in [5.41, 5.74) is -1.17. The van der Waals surface area contributed by atoms with Crippen LogP contribution in [0, 0.1) is 0 Å². The molecule has 2 aliphatic heterocycles. The molecule has 0 saturated carbocycles. The fraction of sp³-hybridized carbons (Fsp3) is 0.400. The molecule has 2 saturated heterocycles. The second-order valence-corrected chi connectivity index (χ2v) is 11.1. The fourth-order valence-corrected chi connectivity index (χ4v) is 6.38. The van der Waals surface area contributed by atoms with E-state index in [9.17, 15) is 40.8 Å². The van der Waals surface area contributed by atoms with Gasteiger partial charge < -0.3 is 10.2 Å². The van der Waals surface area contributed by atoms with Crippen LogP contribution in [0.15, 0.2) is 48.8 Å². The van der Waals surface area contributed by atoms with Crippen molar-refractivity contribution in [2.75, 3.05) is 13.1 Å². The molecule has 14 heteroatoms. The molecule has 1 aromatic heterocycles. The molecule has 1 aromatic carbocycles. The van der Waals surface area contributed by atoms with Gasteiger partial charge in [-0.05, 0) is 49.2 Å².